The lowest BCUT2D eigenvalue weighted by Crippen LogP contribution is -2.17. The quantitative estimate of drug-likeness (QED) is 0.535. The fourth-order valence-electron chi connectivity index (χ4n) is 2.38. The molecule has 27 heavy (non-hydrogen) atoms. The van der Waals surface area contributed by atoms with Gasteiger partial charge in [-0.1, -0.05) is 48.0 Å². The van der Waals surface area contributed by atoms with E-state index >= 15 is 0 Å². The molecular formula is C22H19N3O2. The number of hydrogen-bond donors (Lipinski definition) is 2. The largest absolute Gasteiger partial charge is 0.322 e. The molecule has 134 valence electrons. The van der Waals surface area contributed by atoms with Crippen LogP contribution < -0.4 is 10.7 Å². The number of nitrogens with one attached hydrogen (secondary N) is 2. The zero-order chi connectivity index (χ0) is 19.1. The van der Waals surface area contributed by atoms with E-state index in [1.54, 1.807) is 54.7 Å². The van der Waals surface area contributed by atoms with E-state index in [0.717, 1.165) is 11.1 Å². The van der Waals surface area contributed by atoms with Crippen LogP contribution in [-0.2, 0) is 0 Å². The molecule has 0 saturated carbocycles. The summed E-state index contributed by atoms with van der Waals surface area (Å²) < 4.78 is 0. The van der Waals surface area contributed by atoms with Gasteiger partial charge in [0.15, 0.2) is 0 Å². The number of hydrogen-bond acceptors (Lipinski definition) is 3. The number of hydrazone groups is 1. The first-order valence-corrected chi connectivity index (χ1v) is 8.48. The van der Waals surface area contributed by atoms with Crippen LogP contribution in [0.4, 0.5) is 5.69 Å². The minimum absolute atomic E-state index is 0.199. The molecule has 0 aliphatic rings. The molecule has 3 aromatic rings. The molecule has 3 rings (SSSR count). The van der Waals surface area contributed by atoms with Gasteiger partial charge in [-0.2, -0.15) is 5.10 Å². The number of anilines is 1. The first-order valence-electron chi connectivity index (χ1n) is 8.48. The zero-order valence-corrected chi connectivity index (χ0v) is 14.8. The molecule has 3 aromatic carbocycles. The van der Waals surface area contributed by atoms with Gasteiger partial charge in [-0.3, -0.25) is 9.59 Å². The molecule has 0 atom stereocenters. The van der Waals surface area contributed by atoms with Gasteiger partial charge in [0, 0.05) is 16.8 Å². The maximum atomic E-state index is 12.1. The molecule has 5 nitrogen and oxygen atoms in total. The molecule has 5 heteroatoms. The van der Waals surface area contributed by atoms with Crippen molar-refractivity contribution < 1.29 is 9.59 Å². The summed E-state index contributed by atoms with van der Waals surface area (Å²) in [4.78, 5) is 24.3. The van der Waals surface area contributed by atoms with E-state index < -0.39 is 0 Å². The molecule has 0 unspecified atom stereocenters. The van der Waals surface area contributed by atoms with E-state index in [-0.39, 0.29) is 11.8 Å². The number of nitrogens with zero attached hydrogens (tertiary/aromatic N) is 1. The van der Waals surface area contributed by atoms with Crippen molar-refractivity contribution in [3.8, 4) is 0 Å². The van der Waals surface area contributed by atoms with Crippen molar-refractivity contribution in [1.82, 2.24) is 5.43 Å². The summed E-state index contributed by atoms with van der Waals surface area (Å²) in [7, 11) is 0. The third-order valence-electron chi connectivity index (χ3n) is 3.90. The van der Waals surface area contributed by atoms with Crippen LogP contribution in [-0.4, -0.2) is 18.0 Å². The first-order chi connectivity index (χ1) is 13.1. The molecule has 0 fully saturated rings. The van der Waals surface area contributed by atoms with Crippen LogP contribution in [0.25, 0.3) is 0 Å². The van der Waals surface area contributed by atoms with Crippen molar-refractivity contribution in [2.24, 2.45) is 5.10 Å². The SMILES string of the molecule is Cc1ccc(C=NNC(=O)c2ccc(NC(=O)c3ccccc3)cc2)cc1. The maximum absolute atomic E-state index is 12.1. The van der Waals surface area contributed by atoms with Gasteiger partial charge in [0.1, 0.15) is 0 Å². The minimum atomic E-state index is -0.320. The molecule has 0 bridgehead atoms. The molecule has 2 amide bonds. The summed E-state index contributed by atoms with van der Waals surface area (Å²) >= 11 is 0. The minimum Gasteiger partial charge on any atom is -0.322 e. The molecule has 0 aromatic heterocycles. The summed E-state index contributed by atoms with van der Waals surface area (Å²) in [5.74, 6) is -0.519. The van der Waals surface area contributed by atoms with Crippen LogP contribution >= 0.6 is 0 Å². The van der Waals surface area contributed by atoms with Gasteiger partial charge in [0.2, 0.25) is 0 Å². The van der Waals surface area contributed by atoms with Crippen LogP contribution in [0.2, 0.25) is 0 Å². The molecule has 0 aliphatic carbocycles. The standard InChI is InChI=1S/C22H19N3O2/c1-16-7-9-17(10-8-16)15-23-25-22(27)19-11-13-20(14-12-19)24-21(26)18-5-3-2-4-6-18/h2-15H,1H3,(H,24,26)(H,25,27). The predicted octanol–water partition coefficient (Wildman–Crippen LogP) is 4.01. The Balaban J connectivity index is 1.57. The monoisotopic (exact) mass is 357 g/mol. The lowest BCUT2D eigenvalue weighted by Gasteiger charge is -2.06. The Morgan fingerprint density at radius 1 is 0.778 bits per heavy atom. The normalized spacial score (nSPS) is 10.6. The summed E-state index contributed by atoms with van der Waals surface area (Å²) in [6, 6.07) is 23.4. The Hall–Kier alpha value is -3.73. The topological polar surface area (TPSA) is 70.6 Å². The fraction of sp³-hybridized carbons (Fsp3) is 0.0455. The van der Waals surface area contributed by atoms with Crippen molar-refractivity contribution in [2.45, 2.75) is 6.92 Å². The first kappa shape index (κ1) is 18.1. The van der Waals surface area contributed by atoms with Gasteiger partial charge in [0.05, 0.1) is 6.21 Å². The van der Waals surface area contributed by atoms with Crippen molar-refractivity contribution in [3.05, 3.63) is 101 Å². The number of carbonyl (C=O) groups is 2. The Labute approximate surface area is 157 Å². The van der Waals surface area contributed by atoms with Crippen LogP contribution in [0.1, 0.15) is 31.8 Å². The van der Waals surface area contributed by atoms with Gasteiger partial charge >= 0.3 is 0 Å². The van der Waals surface area contributed by atoms with E-state index in [1.807, 2.05) is 37.3 Å². The van der Waals surface area contributed by atoms with E-state index in [2.05, 4.69) is 15.8 Å². The molecule has 2 N–H and O–H groups in total. The highest BCUT2D eigenvalue weighted by Gasteiger charge is 2.07. The Morgan fingerprint density at radius 2 is 1.41 bits per heavy atom. The smallest absolute Gasteiger partial charge is 0.271 e. The fourth-order valence-corrected chi connectivity index (χ4v) is 2.38. The third-order valence-corrected chi connectivity index (χ3v) is 3.90. The Kier molecular flexibility index (Phi) is 5.74. The van der Waals surface area contributed by atoms with Crippen LogP contribution in [0.5, 0.6) is 0 Å². The average Bonchev–Trinajstić information content (AvgIpc) is 2.70. The third kappa shape index (κ3) is 5.12. The van der Waals surface area contributed by atoms with Gasteiger partial charge in [-0.05, 0) is 48.9 Å². The van der Waals surface area contributed by atoms with Crippen LogP contribution in [0, 0.1) is 6.92 Å². The highest BCUT2D eigenvalue weighted by atomic mass is 16.2. The number of aryl methyl sites for hydroxylation is 1. The lowest BCUT2D eigenvalue weighted by atomic mass is 10.1. The second-order valence-corrected chi connectivity index (χ2v) is 6.01. The van der Waals surface area contributed by atoms with Gasteiger partial charge in [-0.25, -0.2) is 5.43 Å². The second-order valence-electron chi connectivity index (χ2n) is 6.01. The number of benzene rings is 3. The van der Waals surface area contributed by atoms with Gasteiger partial charge in [-0.15, -0.1) is 0 Å². The molecular weight excluding hydrogens is 338 g/mol. The van der Waals surface area contributed by atoms with Crippen LogP contribution in [0.15, 0.2) is 84.0 Å². The molecule has 0 aliphatic heterocycles. The van der Waals surface area contributed by atoms with Gasteiger partial charge in [0.25, 0.3) is 11.8 Å². The zero-order valence-electron chi connectivity index (χ0n) is 14.8. The number of rotatable bonds is 5. The van der Waals surface area contributed by atoms with E-state index in [1.165, 1.54) is 0 Å². The van der Waals surface area contributed by atoms with Crippen molar-refractivity contribution in [3.63, 3.8) is 0 Å². The molecule has 0 heterocycles. The summed E-state index contributed by atoms with van der Waals surface area (Å²) in [6.07, 6.45) is 1.59. The number of amides is 2. The summed E-state index contributed by atoms with van der Waals surface area (Å²) in [5, 5.41) is 6.76. The van der Waals surface area contributed by atoms with E-state index in [0.29, 0.717) is 16.8 Å². The van der Waals surface area contributed by atoms with Gasteiger partial charge < -0.3 is 5.32 Å². The lowest BCUT2D eigenvalue weighted by molar-refractivity contribution is 0.0954. The Bertz CT molecular complexity index is 947. The highest BCUT2D eigenvalue weighted by molar-refractivity contribution is 6.04. The second kappa shape index (κ2) is 8.58. The summed E-state index contributed by atoms with van der Waals surface area (Å²) in [5.41, 5.74) is 6.20. The van der Waals surface area contributed by atoms with Crippen LogP contribution in [0.3, 0.4) is 0 Å². The maximum Gasteiger partial charge on any atom is 0.271 e. The Morgan fingerprint density at radius 3 is 2.07 bits per heavy atom. The van der Waals surface area contributed by atoms with Crippen molar-refractivity contribution >= 4 is 23.7 Å². The molecule has 0 radical (unpaired) electrons. The van der Waals surface area contributed by atoms with Crippen molar-refractivity contribution in [2.75, 3.05) is 5.32 Å². The number of carbonyl (C=O) groups excluding carboxylic acids is 2. The highest BCUT2D eigenvalue weighted by Crippen LogP contribution is 2.11. The van der Waals surface area contributed by atoms with E-state index in [9.17, 15) is 9.59 Å². The molecule has 0 saturated heterocycles. The molecule has 0 spiro atoms. The van der Waals surface area contributed by atoms with Crippen molar-refractivity contribution in [1.29, 1.82) is 0 Å². The van der Waals surface area contributed by atoms with E-state index in [4.69, 9.17) is 0 Å². The predicted molar refractivity (Wildman–Crippen MR) is 107 cm³/mol. The summed E-state index contributed by atoms with van der Waals surface area (Å²) in [6.45, 7) is 2.01. The average molecular weight is 357 g/mol.